The van der Waals surface area contributed by atoms with Crippen LogP contribution in [0.1, 0.15) is 31.2 Å². The van der Waals surface area contributed by atoms with E-state index in [0.29, 0.717) is 42.4 Å². The van der Waals surface area contributed by atoms with E-state index < -0.39 is 11.9 Å². The maximum absolute atomic E-state index is 13.9. The van der Waals surface area contributed by atoms with E-state index in [4.69, 9.17) is 11.5 Å². The van der Waals surface area contributed by atoms with Gasteiger partial charge in [-0.3, -0.25) is 14.6 Å². The fraction of sp³-hybridized carbons (Fsp3) is 0.273. The van der Waals surface area contributed by atoms with Gasteiger partial charge in [0.2, 0.25) is 11.7 Å². The molecule has 44 heavy (non-hydrogen) atoms. The molecule has 0 saturated heterocycles. The minimum atomic E-state index is -0.911. The van der Waals surface area contributed by atoms with Gasteiger partial charge >= 0.3 is 0 Å². The third-order valence-electron chi connectivity index (χ3n) is 8.41. The molecule has 11 heteroatoms. The molecule has 3 aromatic carbocycles. The maximum Gasteiger partial charge on any atom is 0.251 e. The average Bonchev–Trinajstić information content (AvgIpc) is 3.60. The van der Waals surface area contributed by atoms with Gasteiger partial charge in [-0.25, -0.2) is 4.90 Å². The number of halogens is 1. The van der Waals surface area contributed by atoms with Gasteiger partial charge in [-0.1, -0.05) is 48.5 Å². The Kier molecular flexibility index (Phi) is 9.74. The van der Waals surface area contributed by atoms with Crippen molar-refractivity contribution in [1.82, 2.24) is 25.6 Å². The first kappa shape index (κ1) is 30.9. The lowest BCUT2D eigenvalue weighted by molar-refractivity contribution is -0.130. The number of fused-ring (bicyclic) bond motifs is 1. The zero-order valence-electron chi connectivity index (χ0n) is 24.2. The van der Waals surface area contributed by atoms with E-state index in [1.54, 1.807) is 24.3 Å². The number of carbonyl (C=O) groups is 2. The summed E-state index contributed by atoms with van der Waals surface area (Å²) in [6.45, 7) is 0.613. The van der Waals surface area contributed by atoms with Crippen molar-refractivity contribution >= 4 is 40.7 Å². The number of benzene rings is 3. The lowest BCUT2D eigenvalue weighted by Crippen LogP contribution is -2.50. The summed E-state index contributed by atoms with van der Waals surface area (Å²) in [6, 6.07) is 22.2. The van der Waals surface area contributed by atoms with E-state index in [0.717, 1.165) is 40.3 Å². The first-order valence-electron chi connectivity index (χ1n) is 14.6. The van der Waals surface area contributed by atoms with Crippen LogP contribution in [-0.4, -0.2) is 50.0 Å². The zero-order chi connectivity index (χ0) is 29.8. The van der Waals surface area contributed by atoms with Crippen LogP contribution in [0.4, 0.5) is 5.69 Å². The fourth-order valence-corrected chi connectivity index (χ4v) is 5.91. The highest BCUT2D eigenvalue weighted by atomic mass is 35.5. The number of hydrogen-bond donors (Lipinski definition) is 3. The summed E-state index contributed by atoms with van der Waals surface area (Å²) in [6.07, 6.45) is 7.15. The number of carbonyl (C=O) groups excluding carboxylic acids is 2. The molecular formula is C33H35ClN8O2. The van der Waals surface area contributed by atoms with Crippen LogP contribution >= 0.6 is 12.4 Å². The summed E-state index contributed by atoms with van der Waals surface area (Å²) < 4.78 is 0. The number of hydrogen-bond acceptors (Lipinski definition) is 8. The SMILES string of the molecule is Cl.NCC1CCC(C(=O)N(C(=O)[C@@H](N)Cc2ccc(-c3cncc4ccccc34)cc2)c2ccc(-c3nn[nH]n3)cc2)CC1. The molecule has 0 bridgehead atoms. The zero-order valence-corrected chi connectivity index (χ0v) is 25.0. The molecule has 226 valence electrons. The second-order valence-electron chi connectivity index (χ2n) is 11.2. The van der Waals surface area contributed by atoms with Crippen LogP contribution < -0.4 is 16.4 Å². The molecule has 5 N–H and O–H groups in total. The predicted octanol–water partition coefficient (Wildman–Crippen LogP) is 4.70. The molecule has 1 atom stereocenters. The number of nitrogens with zero attached hydrogens (tertiary/aromatic N) is 5. The Morgan fingerprint density at radius 3 is 2.30 bits per heavy atom. The molecule has 6 rings (SSSR count). The van der Waals surface area contributed by atoms with Gasteiger partial charge in [0, 0.05) is 34.8 Å². The number of nitrogens with two attached hydrogens (primary N) is 2. The first-order valence-corrected chi connectivity index (χ1v) is 14.6. The highest BCUT2D eigenvalue weighted by Gasteiger charge is 2.35. The number of pyridine rings is 1. The topological polar surface area (TPSA) is 157 Å². The van der Waals surface area contributed by atoms with Crippen molar-refractivity contribution in [3.63, 3.8) is 0 Å². The van der Waals surface area contributed by atoms with E-state index >= 15 is 0 Å². The number of imide groups is 1. The van der Waals surface area contributed by atoms with Gasteiger partial charge < -0.3 is 11.5 Å². The molecule has 0 unspecified atom stereocenters. The molecule has 1 fully saturated rings. The molecule has 2 amide bonds. The predicted molar refractivity (Wildman–Crippen MR) is 173 cm³/mol. The Labute approximate surface area is 261 Å². The second-order valence-corrected chi connectivity index (χ2v) is 11.2. The number of amides is 2. The Morgan fingerprint density at radius 2 is 1.61 bits per heavy atom. The summed E-state index contributed by atoms with van der Waals surface area (Å²) in [5.41, 5.74) is 16.6. The molecule has 0 aliphatic heterocycles. The number of H-pyrrole nitrogens is 1. The summed E-state index contributed by atoms with van der Waals surface area (Å²) >= 11 is 0. The average molecular weight is 611 g/mol. The van der Waals surface area contributed by atoms with E-state index in [2.05, 4.69) is 31.7 Å². The first-order chi connectivity index (χ1) is 21.0. The van der Waals surface area contributed by atoms with Crippen LogP contribution in [0.5, 0.6) is 0 Å². The maximum atomic E-state index is 13.9. The molecule has 0 radical (unpaired) electrons. The molecule has 1 aliphatic rings. The largest absolute Gasteiger partial charge is 0.330 e. The third-order valence-corrected chi connectivity index (χ3v) is 8.41. The lowest BCUT2D eigenvalue weighted by Gasteiger charge is -2.32. The number of rotatable bonds is 8. The van der Waals surface area contributed by atoms with Crippen molar-refractivity contribution in [2.45, 2.75) is 38.1 Å². The van der Waals surface area contributed by atoms with Gasteiger partial charge in [0.05, 0.1) is 11.7 Å². The van der Waals surface area contributed by atoms with Crippen molar-refractivity contribution in [3.8, 4) is 22.5 Å². The van der Waals surface area contributed by atoms with Crippen molar-refractivity contribution in [1.29, 1.82) is 0 Å². The second kappa shape index (κ2) is 13.9. The number of aromatic nitrogens is 5. The van der Waals surface area contributed by atoms with Crippen LogP contribution in [0.2, 0.25) is 0 Å². The Balaban J connectivity index is 0.00000384. The minimum Gasteiger partial charge on any atom is -0.330 e. The molecule has 5 aromatic rings. The number of nitrogens with one attached hydrogen (secondary N) is 1. The van der Waals surface area contributed by atoms with Gasteiger partial charge in [-0.2, -0.15) is 5.21 Å². The molecule has 0 spiro atoms. The van der Waals surface area contributed by atoms with E-state index in [1.807, 2.05) is 54.9 Å². The molecule has 10 nitrogen and oxygen atoms in total. The van der Waals surface area contributed by atoms with Gasteiger partial charge in [0.15, 0.2) is 0 Å². The summed E-state index contributed by atoms with van der Waals surface area (Å²) in [5, 5.41) is 16.2. The van der Waals surface area contributed by atoms with Crippen molar-refractivity contribution in [2.24, 2.45) is 23.3 Å². The Bertz CT molecular complexity index is 1700. The van der Waals surface area contributed by atoms with Crippen LogP contribution in [0.3, 0.4) is 0 Å². The van der Waals surface area contributed by atoms with E-state index in [9.17, 15) is 9.59 Å². The van der Waals surface area contributed by atoms with E-state index in [1.165, 1.54) is 4.90 Å². The summed E-state index contributed by atoms with van der Waals surface area (Å²) in [4.78, 5) is 33.5. The summed E-state index contributed by atoms with van der Waals surface area (Å²) in [5.74, 6) is -0.0698. The van der Waals surface area contributed by atoms with Gasteiger partial charge in [0.25, 0.3) is 5.91 Å². The van der Waals surface area contributed by atoms with Gasteiger partial charge in [-0.05, 0) is 90.6 Å². The van der Waals surface area contributed by atoms with E-state index in [-0.39, 0.29) is 30.7 Å². The Morgan fingerprint density at radius 1 is 0.909 bits per heavy atom. The lowest BCUT2D eigenvalue weighted by atomic mass is 9.81. The normalized spacial score (nSPS) is 17.0. The standard InChI is InChI=1S/C33H34N8O2.ClH/c34-18-22-7-11-25(12-8-22)32(42)41(27-15-13-24(14-16-27)31-37-39-40-38-31)33(43)30(35)17-21-5-9-23(10-6-21)29-20-36-19-26-3-1-2-4-28(26)29;/h1-6,9-10,13-16,19-20,22,25,30H,7-8,11-12,17-18,34-35H2,(H,37,38,39,40);1H/t22?,25?,30-;/m0./s1. The monoisotopic (exact) mass is 610 g/mol. The molecule has 2 aromatic heterocycles. The molecular weight excluding hydrogens is 576 g/mol. The minimum absolute atomic E-state index is 0. The molecule has 1 saturated carbocycles. The van der Waals surface area contributed by atoms with Crippen molar-refractivity contribution in [3.05, 3.63) is 90.8 Å². The smallest absolute Gasteiger partial charge is 0.251 e. The van der Waals surface area contributed by atoms with Crippen LogP contribution in [-0.2, 0) is 16.0 Å². The number of anilines is 1. The Hall–Kier alpha value is -4.51. The van der Waals surface area contributed by atoms with Crippen LogP contribution in [0.15, 0.2) is 85.2 Å². The number of aromatic amines is 1. The summed E-state index contributed by atoms with van der Waals surface area (Å²) in [7, 11) is 0. The molecule has 2 heterocycles. The van der Waals surface area contributed by atoms with Crippen LogP contribution in [0.25, 0.3) is 33.3 Å². The van der Waals surface area contributed by atoms with Gasteiger partial charge in [0.1, 0.15) is 0 Å². The quantitative estimate of drug-likeness (QED) is 0.228. The highest BCUT2D eigenvalue weighted by Crippen LogP contribution is 2.32. The van der Waals surface area contributed by atoms with Gasteiger partial charge in [-0.15, -0.1) is 22.6 Å². The van der Waals surface area contributed by atoms with Crippen LogP contribution in [0, 0.1) is 11.8 Å². The van der Waals surface area contributed by atoms with Crippen molar-refractivity contribution in [2.75, 3.05) is 11.4 Å². The molecule has 1 aliphatic carbocycles. The highest BCUT2D eigenvalue weighted by molar-refractivity contribution is 6.17. The fourth-order valence-electron chi connectivity index (χ4n) is 5.91. The third kappa shape index (κ3) is 6.52. The van der Waals surface area contributed by atoms with Crippen molar-refractivity contribution < 1.29 is 9.59 Å². The number of tetrazole rings is 1.